The highest BCUT2D eigenvalue weighted by molar-refractivity contribution is 7.99. The smallest absolute Gasteiger partial charge is 0.231 e. The molecule has 0 saturated heterocycles. The Morgan fingerprint density at radius 2 is 1.79 bits per heavy atom. The molecule has 0 fully saturated rings. The van der Waals surface area contributed by atoms with E-state index in [0.29, 0.717) is 16.9 Å². The van der Waals surface area contributed by atoms with Gasteiger partial charge in [0.2, 0.25) is 5.91 Å². The van der Waals surface area contributed by atoms with E-state index >= 15 is 0 Å². The van der Waals surface area contributed by atoms with Crippen molar-refractivity contribution in [1.29, 1.82) is 0 Å². The highest BCUT2D eigenvalue weighted by atomic mass is 32.2. The molecule has 33 heavy (non-hydrogen) atoms. The van der Waals surface area contributed by atoms with Crippen LogP contribution >= 0.6 is 23.1 Å². The zero-order valence-electron chi connectivity index (χ0n) is 18.5. The normalized spacial score (nSPS) is 15.5. The van der Waals surface area contributed by atoms with Gasteiger partial charge in [-0.1, -0.05) is 79.3 Å². The van der Waals surface area contributed by atoms with E-state index in [0.717, 1.165) is 34.2 Å². The lowest BCUT2D eigenvalue weighted by Crippen LogP contribution is -2.30. The summed E-state index contributed by atoms with van der Waals surface area (Å²) in [6, 6.07) is 19.8. The Hall–Kier alpha value is -2.90. The lowest BCUT2D eigenvalue weighted by molar-refractivity contribution is -0.119. The number of nitrogens with two attached hydrogens (primary N) is 1. The standard InChI is InChI=1S/C26H26N4OS2/c1-16-12-13-19-20(14-16)33-25-22(19)24(27)29-26(30-25)32-15-21(31)28-23(17-8-4-2-5-9-17)18-10-6-3-7-11-18/h2-11,16,23H,12-15H2,1H3,(H,28,31)(H2,27,29,30)/t16-/m0/s1. The molecule has 1 aliphatic rings. The molecule has 5 nitrogen and oxygen atoms in total. The monoisotopic (exact) mass is 474 g/mol. The van der Waals surface area contributed by atoms with Crippen LogP contribution in [0.5, 0.6) is 0 Å². The number of amides is 1. The molecule has 2 aromatic carbocycles. The molecule has 1 amide bonds. The van der Waals surface area contributed by atoms with Gasteiger partial charge in [-0.15, -0.1) is 11.3 Å². The van der Waals surface area contributed by atoms with Crippen molar-refractivity contribution in [1.82, 2.24) is 15.3 Å². The first kappa shape index (κ1) is 21.9. The third kappa shape index (κ3) is 4.75. The summed E-state index contributed by atoms with van der Waals surface area (Å²) < 4.78 is 0. The average molecular weight is 475 g/mol. The minimum absolute atomic E-state index is 0.0701. The maximum absolute atomic E-state index is 12.9. The summed E-state index contributed by atoms with van der Waals surface area (Å²) in [5, 5.41) is 4.74. The number of carbonyl (C=O) groups is 1. The van der Waals surface area contributed by atoms with Crippen LogP contribution in [0, 0.1) is 5.92 Å². The minimum atomic E-state index is -0.208. The molecule has 0 aliphatic heterocycles. The maximum Gasteiger partial charge on any atom is 0.231 e. The van der Waals surface area contributed by atoms with Crippen LogP contribution in [-0.2, 0) is 17.6 Å². The molecule has 3 N–H and O–H groups in total. The Labute approximate surface area is 201 Å². The van der Waals surface area contributed by atoms with Gasteiger partial charge in [0.15, 0.2) is 5.16 Å². The second-order valence-electron chi connectivity index (χ2n) is 8.53. The molecule has 0 bridgehead atoms. The van der Waals surface area contributed by atoms with Gasteiger partial charge < -0.3 is 11.1 Å². The van der Waals surface area contributed by atoms with Gasteiger partial charge in [-0.25, -0.2) is 9.97 Å². The number of fused-ring (bicyclic) bond motifs is 3. The SMILES string of the molecule is C[C@H]1CCc2c(sc3nc(SCC(=O)NC(c4ccccc4)c4ccccc4)nc(N)c23)C1. The zero-order chi connectivity index (χ0) is 22.8. The second kappa shape index (κ2) is 9.53. The molecule has 0 radical (unpaired) electrons. The fraction of sp³-hybridized carbons (Fsp3) is 0.269. The highest BCUT2D eigenvalue weighted by Crippen LogP contribution is 2.40. The molecule has 7 heteroatoms. The molecule has 0 saturated carbocycles. The third-order valence-corrected chi connectivity index (χ3v) is 8.06. The molecule has 1 aliphatic carbocycles. The summed E-state index contributed by atoms with van der Waals surface area (Å²) in [6.07, 6.45) is 3.30. The van der Waals surface area contributed by atoms with Crippen LogP contribution in [-0.4, -0.2) is 21.6 Å². The molecule has 5 rings (SSSR count). The van der Waals surface area contributed by atoms with E-state index in [1.54, 1.807) is 11.3 Å². The predicted molar refractivity (Wildman–Crippen MR) is 137 cm³/mol. The Bertz CT molecular complexity index is 1230. The van der Waals surface area contributed by atoms with Gasteiger partial charge in [-0.3, -0.25) is 4.79 Å². The number of carbonyl (C=O) groups excluding carboxylic acids is 1. The molecule has 2 aromatic heterocycles. The van der Waals surface area contributed by atoms with Gasteiger partial charge in [0, 0.05) is 4.88 Å². The van der Waals surface area contributed by atoms with Gasteiger partial charge in [0.25, 0.3) is 0 Å². The molecular weight excluding hydrogens is 448 g/mol. The summed E-state index contributed by atoms with van der Waals surface area (Å²) in [7, 11) is 0. The summed E-state index contributed by atoms with van der Waals surface area (Å²) in [6.45, 7) is 2.29. The number of benzene rings is 2. The number of nitrogens with zero attached hydrogens (tertiary/aromatic N) is 2. The lowest BCUT2D eigenvalue weighted by Gasteiger charge is -2.19. The number of hydrogen-bond acceptors (Lipinski definition) is 6. The van der Waals surface area contributed by atoms with Gasteiger partial charge in [0.05, 0.1) is 17.2 Å². The van der Waals surface area contributed by atoms with Crippen molar-refractivity contribution in [3.8, 4) is 0 Å². The molecule has 2 heterocycles. The average Bonchev–Trinajstić information content (AvgIpc) is 3.20. The summed E-state index contributed by atoms with van der Waals surface area (Å²) in [5.74, 6) is 1.38. The fourth-order valence-corrected chi connectivity index (χ4v) is 6.51. The van der Waals surface area contributed by atoms with Crippen molar-refractivity contribution in [2.24, 2.45) is 5.92 Å². The first-order chi connectivity index (χ1) is 16.1. The topological polar surface area (TPSA) is 80.9 Å². The van der Waals surface area contributed by atoms with Crippen molar-refractivity contribution in [3.05, 3.63) is 82.2 Å². The zero-order valence-corrected chi connectivity index (χ0v) is 20.1. The van der Waals surface area contributed by atoms with E-state index in [4.69, 9.17) is 10.7 Å². The van der Waals surface area contributed by atoms with E-state index in [1.165, 1.54) is 28.6 Å². The van der Waals surface area contributed by atoms with Crippen LogP contribution in [0.15, 0.2) is 65.8 Å². The van der Waals surface area contributed by atoms with Crippen LogP contribution in [0.3, 0.4) is 0 Å². The van der Waals surface area contributed by atoms with E-state index in [-0.39, 0.29) is 17.7 Å². The van der Waals surface area contributed by atoms with Gasteiger partial charge in [-0.05, 0) is 41.9 Å². The Kier molecular flexibility index (Phi) is 6.33. The molecule has 4 aromatic rings. The quantitative estimate of drug-likeness (QED) is 0.289. The first-order valence-corrected chi connectivity index (χ1v) is 13.0. The second-order valence-corrected chi connectivity index (χ2v) is 10.6. The van der Waals surface area contributed by atoms with E-state index < -0.39 is 0 Å². The lowest BCUT2D eigenvalue weighted by atomic mass is 9.89. The number of thiophene rings is 1. The number of anilines is 1. The van der Waals surface area contributed by atoms with Crippen LogP contribution < -0.4 is 11.1 Å². The number of thioether (sulfide) groups is 1. The van der Waals surface area contributed by atoms with Crippen LogP contribution in [0.4, 0.5) is 5.82 Å². The van der Waals surface area contributed by atoms with Crippen molar-refractivity contribution >= 4 is 45.0 Å². The number of aryl methyl sites for hydroxylation is 1. The van der Waals surface area contributed by atoms with Gasteiger partial charge >= 0.3 is 0 Å². The summed E-state index contributed by atoms with van der Waals surface area (Å²) >= 11 is 3.06. The summed E-state index contributed by atoms with van der Waals surface area (Å²) in [4.78, 5) is 24.5. The number of hydrogen-bond donors (Lipinski definition) is 2. The molecular formula is C26H26N4OS2. The molecule has 1 atom stereocenters. The third-order valence-electron chi connectivity index (χ3n) is 6.07. The van der Waals surface area contributed by atoms with E-state index in [2.05, 4.69) is 17.2 Å². The maximum atomic E-state index is 12.9. The predicted octanol–water partition coefficient (Wildman–Crippen LogP) is 5.40. The molecule has 0 unspecified atom stereocenters. The number of nitrogen functional groups attached to an aromatic ring is 1. The largest absolute Gasteiger partial charge is 0.383 e. The molecule has 168 valence electrons. The molecule has 0 spiro atoms. The van der Waals surface area contributed by atoms with Crippen LogP contribution in [0.25, 0.3) is 10.2 Å². The van der Waals surface area contributed by atoms with Gasteiger partial charge in [-0.2, -0.15) is 0 Å². The number of aromatic nitrogens is 2. The van der Waals surface area contributed by atoms with Crippen LogP contribution in [0.2, 0.25) is 0 Å². The fourth-order valence-electron chi connectivity index (χ4n) is 4.40. The van der Waals surface area contributed by atoms with Crippen molar-refractivity contribution < 1.29 is 4.79 Å². The number of nitrogens with one attached hydrogen (secondary N) is 1. The van der Waals surface area contributed by atoms with E-state index in [1.807, 2.05) is 60.7 Å². The Balaban J connectivity index is 1.32. The Morgan fingerprint density at radius 1 is 1.12 bits per heavy atom. The van der Waals surface area contributed by atoms with Crippen LogP contribution in [0.1, 0.15) is 41.0 Å². The van der Waals surface area contributed by atoms with Crippen molar-refractivity contribution in [3.63, 3.8) is 0 Å². The number of rotatable bonds is 6. The van der Waals surface area contributed by atoms with Crippen molar-refractivity contribution in [2.75, 3.05) is 11.5 Å². The Morgan fingerprint density at radius 3 is 2.45 bits per heavy atom. The van der Waals surface area contributed by atoms with E-state index in [9.17, 15) is 4.79 Å². The first-order valence-electron chi connectivity index (χ1n) is 11.2. The summed E-state index contributed by atoms with van der Waals surface area (Å²) in [5.41, 5.74) is 9.76. The van der Waals surface area contributed by atoms with Crippen molar-refractivity contribution in [2.45, 2.75) is 37.4 Å². The minimum Gasteiger partial charge on any atom is -0.383 e. The highest BCUT2D eigenvalue weighted by Gasteiger charge is 2.23. The van der Waals surface area contributed by atoms with Gasteiger partial charge in [0.1, 0.15) is 10.6 Å².